The van der Waals surface area contributed by atoms with Gasteiger partial charge in [-0.25, -0.2) is 4.98 Å². The molecule has 148 valence electrons. The number of aromatic nitrogens is 3. The van der Waals surface area contributed by atoms with Crippen LogP contribution >= 0.6 is 35.0 Å². The van der Waals surface area contributed by atoms with Gasteiger partial charge in [0.25, 0.3) is 0 Å². The average Bonchev–Trinajstić information content (AvgIpc) is 2.99. The Labute approximate surface area is 179 Å². The van der Waals surface area contributed by atoms with E-state index in [4.69, 9.17) is 28.2 Å². The monoisotopic (exact) mass is 435 g/mol. The number of nitrogens with zero attached hydrogens (tertiary/aromatic N) is 3. The Morgan fingerprint density at radius 1 is 1.11 bits per heavy atom. The fraction of sp³-hybridized carbons (Fsp3) is 0.333. The third-order valence-corrected chi connectivity index (χ3v) is 5.88. The van der Waals surface area contributed by atoms with Crippen molar-refractivity contribution in [1.29, 1.82) is 0 Å². The van der Waals surface area contributed by atoms with Crippen molar-refractivity contribution in [2.75, 3.05) is 0 Å². The van der Waals surface area contributed by atoms with E-state index < -0.39 is 6.10 Å². The molecule has 0 aliphatic heterocycles. The molecule has 0 bridgehead atoms. The van der Waals surface area contributed by atoms with E-state index in [9.17, 15) is 5.11 Å². The fourth-order valence-corrected chi connectivity index (χ4v) is 4.82. The molecule has 1 unspecified atom stereocenters. The molecule has 0 radical (unpaired) electrons. The van der Waals surface area contributed by atoms with Gasteiger partial charge in [0.05, 0.1) is 12.2 Å². The molecular weight excluding hydrogens is 413 g/mol. The van der Waals surface area contributed by atoms with Crippen LogP contribution in [0.5, 0.6) is 0 Å². The second kappa shape index (κ2) is 9.31. The first-order valence-electron chi connectivity index (χ1n) is 9.20. The van der Waals surface area contributed by atoms with E-state index in [1.54, 1.807) is 30.2 Å². The summed E-state index contributed by atoms with van der Waals surface area (Å²) in [5.41, 5.74) is 2.05. The largest absolute Gasteiger partial charge is 0.385 e. The van der Waals surface area contributed by atoms with Crippen molar-refractivity contribution in [2.24, 2.45) is 0 Å². The van der Waals surface area contributed by atoms with Crippen LogP contribution in [0.1, 0.15) is 56.3 Å². The van der Waals surface area contributed by atoms with Crippen LogP contribution in [0.3, 0.4) is 0 Å². The molecule has 28 heavy (non-hydrogen) atoms. The summed E-state index contributed by atoms with van der Waals surface area (Å²) in [6.45, 7) is 6.77. The molecular formula is C21H23Cl2N3OS. The Hall–Kier alpha value is -1.53. The predicted molar refractivity (Wildman–Crippen MR) is 115 cm³/mol. The molecule has 1 atom stereocenters. The lowest BCUT2D eigenvalue weighted by molar-refractivity contribution is 0.158. The lowest BCUT2D eigenvalue weighted by atomic mass is 10.1. The maximum Gasteiger partial charge on any atom is 0.139 e. The van der Waals surface area contributed by atoms with Crippen molar-refractivity contribution < 1.29 is 5.11 Å². The molecule has 4 nitrogen and oxygen atoms in total. The third kappa shape index (κ3) is 4.90. The lowest BCUT2D eigenvalue weighted by Gasteiger charge is -2.15. The van der Waals surface area contributed by atoms with Gasteiger partial charge >= 0.3 is 0 Å². The summed E-state index contributed by atoms with van der Waals surface area (Å²) >= 11 is 14.0. The van der Waals surface area contributed by atoms with Crippen LogP contribution in [-0.2, 0) is 6.54 Å². The molecule has 1 aromatic carbocycles. The van der Waals surface area contributed by atoms with Crippen LogP contribution in [0.25, 0.3) is 0 Å². The minimum atomic E-state index is -0.628. The maximum absolute atomic E-state index is 10.6. The molecule has 1 N–H and O–H groups in total. The van der Waals surface area contributed by atoms with E-state index in [2.05, 4.69) is 23.4 Å². The van der Waals surface area contributed by atoms with Gasteiger partial charge in [-0.2, -0.15) is 0 Å². The molecule has 0 spiro atoms. The zero-order valence-electron chi connectivity index (χ0n) is 16.1. The number of benzene rings is 1. The summed E-state index contributed by atoms with van der Waals surface area (Å²) in [5, 5.41) is 12.8. The predicted octanol–water partition coefficient (Wildman–Crippen LogP) is 6.35. The number of hydrogen-bond donors (Lipinski definition) is 1. The molecule has 3 rings (SSSR count). The molecule has 2 heterocycles. The van der Waals surface area contributed by atoms with Gasteiger partial charge in [0.2, 0.25) is 0 Å². The summed E-state index contributed by atoms with van der Waals surface area (Å²) < 4.78 is 2.10. The Morgan fingerprint density at radius 3 is 2.32 bits per heavy atom. The van der Waals surface area contributed by atoms with Crippen LogP contribution in [-0.4, -0.2) is 19.6 Å². The van der Waals surface area contributed by atoms with Gasteiger partial charge in [-0.05, 0) is 48.2 Å². The van der Waals surface area contributed by atoms with Crippen LogP contribution in [0.4, 0.5) is 0 Å². The zero-order valence-corrected chi connectivity index (χ0v) is 18.4. The van der Waals surface area contributed by atoms with Crippen molar-refractivity contribution in [3.05, 3.63) is 69.9 Å². The number of aliphatic hydroxyl groups excluding tert-OH is 1. The Morgan fingerprint density at radius 2 is 1.75 bits per heavy atom. The highest BCUT2D eigenvalue weighted by Crippen LogP contribution is 2.38. The van der Waals surface area contributed by atoms with Gasteiger partial charge < -0.3 is 9.67 Å². The lowest BCUT2D eigenvalue weighted by Crippen LogP contribution is -2.10. The minimum absolute atomic E-state index is 0.207. The van der Waals surface area contributed by atoms with Crippen molar-refractivity contribution in [1.82, 2.24) is 14.5 Å². The first-order chi connectivity index (χ1) is 13.4. The Balaban J connectivity index is 2.12. The molecule has 0 saturated carbocycles. The van der Waals surface area contributed by atoms with Crippen LogP contribution in [0, 0.1) is 0 Å². The normalized spacial score (nSPS) is 12.5. The van der Waals surface area contributed by atoms with Gasteiger partial charge in [0.1, 0.15) is 17.0 Å². The average molecular weight is 436 g/mol. The van der Waals surface area contributed by atoms with Gasteiger partial charge in [-0.15, -0.1) is 0 Å². The Bertz CT molecular complexity index is 924. The van der Waals surface area contributed by atoms with Gasteiger partial charge in [0.15, 0.2) is 0 Å². The van der Waals surface area contributed by atoms with E-state index in [0.29, 0.717) is 28.8 Å². The number of hydrogen-bond acceptors (Lipinski definition) is 4. The van der Waals surface area contributed by atoms with Crippen LogP contribution in [0.15, 0.2) is 52.6 Å². The molecule has 2 aromatic heterocycles. The molecule has 0 amide bonds. The number of aliphatic hydroxyl groups is 1. The van der Waals surface area contributed by atoms with Crippen molar-refractivity contribution in [3.8, 4) is 0 Å². The molecule has 3 aromatic rings. The van der Waals surface area contributed by atoms with Crippen molar-refractivity contribution in [3.63, 3.8) is 0 Å². The molecule has 7 heteroatoms. The van der Waals surface area contributed by atoms with Gasteiger partial charge in [-0.1, -0.05) is 55.7 Å². The van der Waals surface area contributed by atoms with Gasteiger partial charge in [0, 0.05) is 27.3 Å². The van der Waals surface area contributed by atoms with E-state index in [1.807, 2.05) is 31.2 Å². The molecule has 0 aliphatic carbocycles. The quantitative estimate of drug-likeness (QED) is 0.469. The summed E-state index contributed by atoms with van der Waals surface area (Å²) in [6, 6.07) is 9.45. The standard InChI is InChI=1S/C21H23Cl2N3OS/c1-4-18(27)20-25-19(13(2)3)21(26(20)12-14-5-7-24-8-6-14)28-17-10-15(22)9-16(23)11-17/h5-11,13,18,27H,4,12H2,1-3H3. The van der Waals surface area contributed by atoms with Gasteiger partial charge in [-0.3, -0.25) is 4.98 Å². The minimum Gasteiger partial charge on any atom is -0.385 e. The molecule has 0 fully saturated rings. The Kier molecular flexibility index (Phi) is 7.05. The fourth-order valence-electron chi connectivity index (χ4n) is 2.92. The first-order valence-corrected chi connectivity index (χ1v) is 10.8. The summed E-state index contributed by atoms with van der Waals surface area (Å²) in [7, 11) is 0. The van der Waals surface area contributed by atoms with E-state index in [1.165, 1.54) is 0 Å². The third-order valence-electron chi connectivity index (χ3n) is 4.35. The highest BCUT2D eigenvalue weighted by atomic mass is 35.5. The first kappa shape index (κ1) is 21.2. The van der Waals surface area contributed by atoms with Crippen molar-refractivity contribution in [2.45, 2.75) is 55.7 Å². The summed E-state index contributed by atoms with van der Waals surface area (Å²) in [5.74, 6) is 0.886. The topological polar surface area (TPSA) is 50.9 Å². The van der Waals surface area contributed by atoms with Crippen molar-refractivity contribution >= 4 is 35.0 Å². The second-order valence-corrected chi connectivity index (χ2v) is 8.82. The number of halogens is 2. The van der Waals surface area contributed by atoms with Crippen LogP contribution in [0.2, 0.25) is 10.0 Å². The van der Waals surface area contributed by atoms with E-state index >= 15 is 0 Å². The zero-order chi connectivity index (χ0) is 20.3. The SMILES string of the molecule is CCC(O)c1nc(C(C)C)c(Sc2cc(Cl)cc(Cl)c2)n1Cc1ccncc1. The van der Waals surface area contributed by atoms with E-state index in [-0.39, 0.29) is 5.92 Å². The molecule has 0 aliphatic rings. The highest BCUT2D eigenvalue weighted by molar-refractivity contribution is 7.99. The van der Waals surface area contributed by atoms with Crippen LogP contribution < -0.4 is 0 Å². The summed E-state index contributed by atoms with van der Waals surface area (Å²) in [6.07, 6.45) is 3.51. The number of pyridine rings is 1. The maximum atomic E-state index is 10.6. The number of rotatable bonds is 7. The van der Waals surface area contributed by atoms with E-state index in [0.717, 1.165) is 21.2 Å². The second-order valence-electron chi connectivity index (χ2n) is 6.89. The molecule has 0 saturated heterocycles. The number of imidazole rings is 1. The highest BCUT2D eigenvalue weighted by Gasteiger charge is 2.24. The summed E-state index contributed by atoms with van der Waals surface area (Å²) in [4.78, 5) is 9.86. The smallest absolute Gasteiger partial charge is 0.139 e.